The van der Waals surface area contributed by atoms with E-state index in [0.717, 1.165) is 50.8 Å². The minimum absolute atomic E-state index is 0.163. The van der Waals surface area contributed by atoms with Gasteiger partial charge in [0.2, 0.25) is 0 Å². The molecule has 3 aromatic carbocycles. The molecule has 4 N–H and O–H groups in total. The van der Waals surface area contributed by atoms with E-state index in [9.17, 15) is 4.79 Å². The molecule has 2 aromatic heterocycles. The first-order valence-corrected chi connectivity index (χ1v) is 12.5. The van der Waals surface area contributed by atoms with Crippen molar-refractivity contribution in [1.82, 2.24) is 14.7 Å². The smallest absolute Gasteiger partial charge is 0.251 e. The average Bonchev–Trinajstić information content (AvgIpc) is 3.31. The van der Waals surface area contributed by atoms with Crippen LogP contribution in [0.1, 0.15) is 32.6 Å². The molecule has 38 heavy (non-hydrogen) atoms. The third-order valence-corrected chi connectivity index (χ3v) is 6.66. The molecule has 0 fully saturated rings. The van der Waals surface area contributed by atoms with Gasteiger partial charge in [0.1, 0.15) is 22.9 Å². The molecule has 0 aliphatic carbocycles. The summed E-state index contributed by atoms with van der Waals surface area (Å²) >= 11 is 0. The number of nitrogens with zero attached hydrogens (tertiary/aromatic N) is 2. The fraction of sp³-hybridized carbons (Fsp3) is 0.161. The highest BCUT2D eigenvalue weighted by Crippen LogP contribution is 2.34. The lowest BCUT2D eigenvalue weighted by atomic mass is 10.1. The molecule has 0 aliphatic rings. The van der Waals surface area contributed by atoms with E-state index in [-0.39, 0.29) is 5.91 Å². The molecule has 0 unspecified atom stereocenters. The Morgan fingerprint density at radius 1 is 0.947 bits per heavy atom. The lowest BCUT2D eigenvalue weighted by Gasteiger charge is -2.14. The number of imidazole rings is 1. The van der Waals surface area contributed by atoms with Gasteiger partial charge in [0.05, 0.1) is 7.11 Å². The second-order valence-electron chi connectivity index (χ2n) is 9.28. The highest BCUT2D eigenvalue weighted by molar-refractivity contribution is 5.95. The minimum Gasteiger partial charge on any atom is -0.497 e. The Balaban J connectivity index is 1.50. The predicted octanol–water partition coefficient (Wildman–Crippen LogP) is 5.76. The first-order chi connectivity index (χ1) is 18.5. The summed E-state index contributed by atoms with van der Waals surface area (Å²) in [6, 6.07) is 25.5. The maximum absolute atomic E-state index is 13.0. The van der Waals surface area contributed by atoms with Crippen molar-refractivity contribution in [2.45, 2.75) is 26.9 Å². The number of rotatable bonds is 8. The molecule has 5 aromatic rings. The van der Waals surface area contributed by atoms with Crippen molar-refractivity contribution in [3.63, 3.8) is 0 Å². The standard InChI is InChI=1S/C31H31N5O2/c1-20-6-4-7-21(2)28(20)35-30-29(24-10-12-26(38-3)13-11-24)34-27-17-25(14-15-36(27)30)31(37)33-19-23-9-5-8-22(16-23)18-32/h4-17,35H,18-19,32H2,1-3H3,(H,33,37). The highest BCUT2D eigenvalue weighted by atomic mass is 16.5. The molecule has 0 spiro atoms. The number of ether oxygens (including phenoxy) is 1. The molecule has 2 heterocycles. The number of amides is 1. The van der Waals surface area contributed by atoms with Crippen LogP contribution in [-0.4, -0.2) is 22.4 Å². The number of carbonyl (C=O) groups is 1. The topological polar surface area (TPSA) is 93.7 Å². The number of pyridine rings is 1. The zero-order valence-electron chi connectivity index (χ0n) is 21.8. The Morgan fingerprint density at radius 3 is 2.37 bits per heavy atom. The van der Waals surface area contributed by atoms with E-state index in [1.807, 2.05) is 77.3 Å². The van der Waals surface area contributed by atoms with Gasteiger partial charge in [0, 0.05) is 36.1 Å². The molecule has 0 radical (unpaired) electrons. The molecule has 5 rings (SSSR count). The second kappa shape index (κ2) is 10.8. The number of hydrogen-bond acceptors (Lipinski definition) is 5. The third-order valence-electron chi connectivity index (χ3n) is 6.66. The van der Waals surface area contributed by atoms with Crippen LogP contribution in [-0.2, 0) is 13.1 Å². The van der Waals surface area contributed by atoms with Gasteiger partial charge in [-0.2, -0.15) is 0 Å². The number of carbonyl (C=O) groups excluding carboxylic acids is 1. The molecular formula is C31H31N5O2. The summed E-state index contributed by atoms with van der Waals surface area (Å²) in [6.07, 6.45) is 1.88. The highest BCUT2D eigenvalue weighted by Gasteiger charge is 2.18. The number of methoxy groups -OCH3 is 1. The Labute approximate surface area is 222 Å². The number of nitrogens with two attached hydrogens (primary N) is 1. The van der Waals surface area contributed by atoms with Crippen molar-refractivity contribution in [2.24, 2.45) is 5.73 Å². The van der Waals surface area contributed by atoms with Gasteiger partial charge in [0.25, 0.3) is 5.91 Å². The summed E-state index contributed by atoms with van der Waals surface area (Å²) in [7, 11) is 1.65. The van der Waals surface area contributed by atoms with E-state index in [4.69, 9.17) is 15.5 Å². The lowest BCUT2D eigenvalue weighted by molar-refractivity contribution is 0.0951. The number of aromatic nitrogens is 2. The number of nitrogens with one attached hydrogen (secondary N) is 2. The first kappa shape index (κ1) is 25.0. The Hall–Kier alpha value is -4.62. The molecule has 192 valence electrons. The quantitative estimate of drug-likeness (QED) is 0.249. The van der Waals surface area contributed by atoms with E-state index in [1.165, 1.54) is 0 Å². The summed E-state index contributed by atoms with van der Waals surface area (Å²) in [5.41, 5.74) is 14.0. The lowest BCUT2D eigenvalue weighted by Crippen LogP contribution is -2.23. The van der Waals surface area contributed by atoms with Crippen LogP contribution in [0.5, 0.6) is 5.75 Å². The van der Waals surface area contributed by atoms with Crippen molar-refractivity contribution in [3.8, 4) is 17.0 Å². The van der Waals surface area contributed by atoms with Crippen LogP contribution < -0.4 is 21.1 Å². The maximum atomic E-state index is 13.0. The van der Waals surface area contributed by atoms with Crippen molar-refractivity contribution < 1.29 is 9.53 Å². The van der Waals surface area contributed by atoms with Gasteiger partial charge < -0.3 is 21.1 Å². The molecule has 0 saturated heterocycles. The monoisotopic (exact) mass is 505 g/mol. The average molecular weight is 506 g/mol. The third kappa shape index (κ3) is 5.10. The number of anilines is 2. The number of benzene rings is 3. The molecule has 0 bridgehead atoms. The van der Waals surface area contributed by atoms with Crippen molar-refractivity contribution in [2.75, 3.05) is 12.4 Å². The van der Waals surface area contributed by atoms with Gasteiger partial charge in [0.15, 0.2) is 0 Å². The number of fused-ring (bicyclic) bond motifs is 1. The number of hydrogen-bond donors (Lipinski definition) is 3. The Bertz CT molecular complexity index is 1580. The minimum atomic E-state index is -0.163. The first-order valence-electron chi connectivity index (χ1n) is 12.5. The Morgan fingerprint density at radius 2 is 1.66 bits per heavy atom. The van der Waals surface area contributed by atoms with E-state index in [0.29, 0.717) is 24.3 Å². The molecular weight excluding hydrogens is 474 g/mol. The van der Waals surface area contributed by atoms with E-state index in [1.54, 1.807) is 7.11 Å². The van der Waals surface area contributed by atoms with Gasteiger partial charge in [-0.05, 0) is 72.5 Å². The zero-order valence-corrected chi connectivity index (χ0v) is 21.8. The van der Waals surface area contributed by atoms with Crippen LogP contribution in [0.25, 0.3) is 16.9 Å². The fourth-order valence-corrected chi connectivity index (χ4v) is 4.54. The SMILES string of the molecule is COc1ccc(-c2nc3cc(C(=O)NCc4cccc(CN)c4)ccn3c2Nc2c(C)cccc2C)cc1. The van der Waals surface area contributed by atoms with Crippen LogP contribution in [0.3, 0.4) is 0 Å². The maximum Gasteiger partial charge on any atom is 0.251 e. The van der Waals surface area contributed by atoms with E-state index < -0.39 is 0 Å². The predicted molar refractivity (Wildman–Crippen MR) is 152 cm³/mol. The summed E-state index contributed by atoms with van der Waals surface area (Å²) in [5, 5.41) is 6.63. The largest absolute Gasteiger partial charge is 0.497 e. The van der Waals surface area contributed by atoms with Crippen molar-refractivity contribution in [1.29, 1.82) is 0 Å². The van der Waals surface area contributed by atoms with Gasteiger partial charge in [-0.15, -0.1) is 0 Å². The van der Waals surface area contributed by atoms with Gasteiger partial charge in [-0.25, -0.2) is 4.98 Å². The second-order valence-corrected chi connectivity index (χ2v) is 9.28. The van der Waals surface area contributed by atoms with Gasteiger partial charge in [-0.3, -0.25) is 9.20 Å². The Kier molecular flexibility index (Phi) is 7.11. The normalized spacial score (nSPS) is 10.9. The summed E-state index contributed by atoms with van der Waals surface area (Å²) in [4.78, 5) is 18.0. The fourth-order valence-electron chi connectivity index (χ4n) is 4.54. The molecule has 0 aliphatic heterocycles. The van der Waals surface area contributed by atoms with Crippen LogP contribution >= 0.6 is 0 Å². The molecule has 1 amide bonds. The van der Waals surface area contributed by atoms with Crippen LogP contribution in [0.2, 0.25) is 0 Å². The van der Waals surface area contributed by atoms with Gasteiger partial charge >= 0.3 is 0 Å². The molecule has 0 atom stereocenters. The van der Waals surface area contributed by atoms with E-state index in [2.05, 4.69) is 36.6 Å². The number of para-hydroxylation sites is 1. The van der Waals surface area contributed by atoms with Crippen molar-refractivity contribution >= 4 is 23.1 Å². The van der Waals surface area contributed by atoms with Crippen LogP contribution in [0.15, 0.2) is 85.1 Å². The molecule has 7 nitrogen and oxygen atoms in total. The summed E-state index contributed by atoms with van der Waals surface area (Å²) < 4.78 is 7.32. The molecule has 0 saturated carbocycles. The summed E-state index contributed by atoms with van der Waals surface area (Å²) in [6.45, 7) is 5.05. The van der Waals surface area contributed by atoms with E-state index >= 15 is 0 Å². The number of aryl methyl sites for hydroxylation is 2. The van der Waals surface area contributed by atoms with Crippen molar-refractivity contribution in [3.05, 3.63) is 113 Å². The summed E-state index contributed by atoms with van der Waals surface area (Å²) in [5.74, 6) is 1.44. The van der Waals surface area contributed by atoms with Crippen LogP contribution in [0.4, 0.5) is 11.5 Å². The van der Waals surface area contributed by atoms with Crippen LogP contribution in [0, 0.1) is 13.8 Å². The zero-order chi connectivity index (χ0) is 26.6. The van der Waals surface area contributed by atoms with Gasteiger partial charge in [-0.1, -0.05) is 42.5 Å². The molecule has 7 heteroatoms.